The number of rotatable bonds is 3. The van der Waals surface area contributed by atoms with Crippen LogP contribution in [0.5, 0.6) is 0 Å². The Kier molecular flexibility index (Phi) is 4.02. The molecule has 1 aliphatic heterocycles. The molecule has 2 heterocycles. The lowest BCUT2D eigenvalue weighted by atomic mass is 10.1. The summed E-state index contributed by atoms with van der Waals surface area (Å²) in [5.41, 5.74) is 3.54. The van der Waals surface area contributed by atoms with Crippen molar-refractivity contribution in [3.8, 4) is 0 Å². The van der Waals surface area contributed by atoms with E-state index in [0.29, 0.717) is 10.8 Å². The van der Waals surface area contributed by atoms with Crippen molar-refractivity contribution in [1.82, 2.24) is 5.43 Å². The molecule has 0 saturated carbocycles. The van der Waals surface area contributed by atoms with Crippen LogP contribution in [0.1, 0.15) is 11.8 Å². The topological polar surface area (TPSA) is 51.2 Å². The van der Waals surface area contributed by atoms with Gasteiger partial charge in [-0.1, -0.05) is 0 Å². The number of hydrogen-bond donors (Lipinski definition) is 2. The van der Waals surface area contributed by atoms with E-state index < -0.39 is 0 Å². The highest BCUT2D eigenvalue weighted by Gasteiger charge is 2.27. The fraction of sp³-hybridized carbons (Fsp3) is 0.385. The maximum absolute atomic E-state index is 13.2. The van der Waals surface area contributed by atoms with Gasteiger partial charge in [0.1, 0.15) is 17.2 Å². The summed E-state index contributed by atoms with van der Waals surface area (Å²) in [6.07, 6.45) is 0. The van der Waals surface area contributed by atoms with Crippen molar-refractivity contribution in [2.45, 2.75) is 11.3 Å². The third kappa shape index (κ3) is 2.76. The summed E-state index contributed by atoms with van der Waals surface area (Å²) in [6.45, 7) is 0. The molecule has 2 unspecified atom stereocenters. The lowest BCUT2D eigenvalue weighted by Crippen LogP contribution is -2.37. The van der Waals surface area contributed by atoms with Crippen LogP contribution < -0.4 is 11.3 Å². The molecule has 3 nitrogen and oxygen atoms in total. The number of thioether (sulfide) groups is 2. The molecule has 3 rings (SSSR count). The van der Waals surface area contributed by atoms with E-state index in [1.807, 2.05) is 29.6 Å². The van der Waals surface area contributed by atoms with Gasteiger partial charge in [-0.15, -0.1) is 0 Å². The average Bonchev–Trinajstić information content (AvgIpc) is 2.83. The lowest BCUT2D eigenvalue weighted by molar-refractivity contribution is 0.435. The molecule has 102 valence electrons. The predicted molar refractivity (Wildman–Crippen MR) is 79.8 cm³/mol. The van der Waals surface area contributed by atoms with E-state index in [2.05, 4.69) is 5.43 Å². The van der Waals surface area contributed by atoms with Crippen LogP contribution in [-0.2, 0) is 0 Å². The van der Waals surface area contributed by atoms with E-state index in [9.17, 15) is 4.39 Å². The number of furan rings is 1. The minimum Gasteiger partial charge on any atom is -0.459 e. The summed E-state index contributed by atoms with van der Waals surface area (Å²) in [7, 11) is 0. The molecule has 2 aromatic rings. The normalized spacial score (nSPS) is 21.7. The molecule has 1 saturated heterocycles. The number of fused-ring (bicyclic) bond motifs is 1. The minimum absolute atomic E-state index is 0.0340. The molecule has 1 aromatic carbocycles. The van der Waals surface area contributed by atoms with Crippen LogP contribution in [0, 0.1) is 5.82 Å². The Balaban J connectivity index is 1.91. The summed E-state index contributed by atoms with van der Waals surface area (Å²) in [5.74, 6) is 9.57. The van der Waals surface area contributed by atoms with Crippen molar-refractivity contribution in [2.24, 2.45) is 5.84 Å². The zero-order valence-corrected chi connectivity index (χ0v) is 11.9. The third-order valence-electron chi connectivity index (χ3n) is 3.20. The first kappa shape index (κ1) is 13.3. The second-order valence-electron chi connectivity index (χ2n) is 4.46. The smallest absolute Gasteiger partial charge is 0.134 e. The molecule has 6 heteroatoms. The number of halogens is 1. The number of benzene rings is 1. The summed E-state index contributed by atoms with van der Waals surface area (Å²) < 4.78 is 19.0. The van der Waals surface area contributed by atoms with E-state index in [4.69, 9.17) is 10.3 Å². The summed E-state index contributed by atoms with van der Waals surface area (Å²) in [5, 5.41) is 1.16. The van der Waals surface area contributed by atoms with Crippen molar-refractivity contribution in [3.63, 3.8) is 0 Å². The fourth-order valence-electron chi connectivity index (χ4n) is 2.26. The monoisotopic (exact) mass is 298 g/mol. The largest absolute Gasteiger partial charge is 0.459 e. The third-order valence-corrected chi connectivity index (χ3v) is 6.06. The van der Waals surface area contributed by atoms with E-state index >= 15 is 0 Å². The van der Waals surface area contributed by atoms with Crippen molar-refractivity contribution in [3.05, 3.63) is 35.8 Å². The second-order valence-corrected chi connectivity index (χ2v) is 6.96. The Morgan fingerprint density at radius 3 is 3.00 bits per heavy atom. The van der Waals surface area contributed by atoms with Gasteiger partial charge in [0, 0.05) is 27.9 Å². The van der Waals surface area contributed by atoms with E-state index in [-0.39, 0.29) is 11.9 Å². The van der Waals surface area contributed by atoms with Crippen LogP contribution in [0.15, 0.2) is 28.7 Å². The van der Waals surface area contributed by atoms with Crippen molar-refractivity contribution < 1.29 is 8.81 Å². The molecule has 0 spiro atoms. The quantitative estimate of drug-likeness (QED) is 0.674. The van der Waals surface area contributed by atoms with Gasteiger partial charge >= 0.3 is 0 Å². The first-order valence-electron chi connectivity index (χ1n) is 6.12. The average molecular weight is 298 g/mol. The molecule has 1 aromatic heterocycles. The first-order chi connectivity index (χ1) is 9.28. The highest BCUT2D eigenvalue weighted by molar-refractivity contribution is 8.06. The Bertz CT molecular complexity index is 569. The molecule has 19 heavy (non-hydrogen) atoms. The van der Waals surface area contributed by atoms with Gasteiger partial charge < -0.3 is 4.42 Å². The number of hydrogen-bond acceptors (Lipinski definition) is 5. The first-order valence-corrected chi connectivity index (χ1v) is 8.33. The molecule has 1 aliphatic rings. The van der Waals surface area contributed by atoms with Gasteiger partial charge in [0.25, 0.3) is 0 Å². The zero-order valence-electron chi connectivity index (χ0n) is 10.3. The molecule has 2 atom stereocenters. The van der Waals surface area contributed by atoms with Gasteiger partial charge in [-0.2, -0.15) is 23.5 Å². The van der Waals surface area contributed by atoms with Crippen molar-refractivity contribution in [2.75, 3.05) is 17.3 Å². The Hall–Kier alpha value is -0.690. The van der Waals surface area contributed by atoms with Crippen LogP contribution in [0.4, 0.5) is 4.39 Å². The van der Waals surface area contributed by atoms with Gasteiger partial charge in [-0.3, -0.25) is 5.84 Å². The predicted octanol–water partition coefficient (Wildman–Crippen LogP) is 2.92. The van der Waals surface area contributed by atoms with Crippen LogP contribution >= 0.6 is 23.5 Å². The molecule has 0 amide bonds. The summed E-state index contributed by atoms with van der Waals surface area (Å²) in [6, 6.07) is 6.39. The maximum Gasteiger partial charge on any atom is 0.134 e. The van der Waals surface area contributed by atoms with Gasteiger partial charge in [-0.25, -0.2) is 9.82 Å². The van der Waals surface area contributed by atoms with Crippen molar-refractivity contribution >= 4 is 34.5 Å². The van der Waals surface area contributed by atoms with Crippen LogP contribution in [0.25, 0.3) is 11.0 Å². The number of nitrogens with one attached hydrogen (secondary N) is 1. The van der Waals surface area contributed by atoms with Gasteiger partial charge in [0.2, 0.25) is 0 Å². The number of hydrazine groups is 1. The van der Waals surface area contributed by atoms with E-state index in [1.54, 1.807) is 6.07 Å². The molecular weight excluding hydrogens is 283 g/mol. The van der Waals surface area contributed by atoms with E-state index in [1.165, 1.54) is 17.9 Å². The summed E-state index contributed by atoms with van der Waals surface area (Å²) >= 11 is 3.84. The molecule has 1 fully saturated rings. The Labute approximate surface area is 119 Å². The van der Waals surface area contributed by atoms with Gasteiger partial charge in [0.05, 0.1) is 6.04 Å². The molecular formula is C13H15FN2OS2. The molecule has 0 bridgehead atoms. The molecule has 3 N–H and O–H groups in total. The van der Waals surface area contributed by atoms with Crippen LogP contribution in [0.3, 0.4) is 0 Å². The highest BCUT2D eigenvalue weighted by Crippen LogP contribution is 2.35. The maximum atomic E-state index is 13.2. The van der Waals surface area contributed by atoms with Gasteiger partial charge in [-0.05, 0) is 24.3 Å². The Morgan fingerprint density at radius 1 is 1.37 bits per heavy atom. The van der Waals surface area contributed by atoms with Crippen molar-refractivity contribution in [1.29, 1.82) is 0 Å². The molecule has 0 radical (unpaired) electrons. The SMILES string of the molecule is NNC(c1cc2cc(F)ccc2o1)C1CSCCS1. The standard InChI is InChI=1S/C13H15FN2OS2/c14-9-1-2-10-8(5-9)6-11(17-10)13(16-15)12-7-18-3-4-19-12/h1-2,5-6,12-13,16H,3-4,7,15H2. The van der Waals surface area contributed by atoms with Gasteiger partial charge in [0.15, 0.2) is 0 Å². The second kappa shape index (κ2) is 5.75. The summed E-state index contributed by atoms with van der Waals surface area (Å²) in [4.78, 5) is 0. The molecule has 0 aliphatic carbocycles. The number of nitrogens with two attached hydrogens (primary N) is 1. The lowest BCUT2D eigenvalue weighted by Gasteiger charge is -2.27. The van der Waals surface area contributed by atoms with Crippen LogP contribution in [-0.4, -0.2) is 22.5 Å². The minimum atomic E-state index is -0.250. The Morgan fingerprint density at radius 2 is 2.26 bits per heavy atom. The highest BCUT2D eigenvalue weighted by atomic mass is 32.2. The van der Waals surface area contributed by atoms with E-state index in [0.717, 1.165) is 22.7 Å². The zero-order chi connectivity index (χ0) is 13.2. The fourth-order valence-corrected chi connectivity index (χ4v) is 5.09. The van der Waals surface area contributed by atoms with Crippen LogP contribution in [0.2, 0.25) is 0 Å².